The average Bonchev–Trinajstić information content (AvgIpc) is 2.45. The van der Waals surface area contributed by atoms with Crippen LogP contribution in [0.3, 0.4) is 0 Å². The van der Waals surface area contributed by atoms with Gasteiger partial charge in [-0.15, -0.1) is 0 Å². The maximum Gasteiger partial charge on any atom is 0.523 e. The smallest absolute Gasteiger partial charge is 0.268 e. The lowest BCUT2D eigenvalue weighted by molar-refractivity contribution is -0.0585. The van der Waals surface area contributed by atoms with Crippen molar-refractivity contribution in [3.05, 3.63) is 0 Å². The normalized spacial score (nSPS) is 14.1. The van der Waals surface area contributed by atoms with Crippen LogP contribution >= 0.6 is 0 Å². The number of hydrogen-bond donors (Lipinski definition) is 0. The molecule has 0 heterocycles. The Morgan fingerprint density at radius 1 is 0.500 bits per heavy atom. The minimum atomic E-state index is -6.01. The fraction of sp³-hybridized carbons (Fsp3) is 1.00. The first-order valence-corrected chi connectivity index (χ1v) is 13.0. The summed E-state index contributed by atoms with van der Waals surface area (Å²) in [6, 6.07) is 0. The molecule has 0 aromatic heterocycles. The third-order valence-electron chi connectivity index (χ3n) is 1.81. The molecule has 0 radical (unpaired) electrons. The van der Waals surface area contributed by atoms with E-state index in [0.29, 0.717) is 0 Å². The molecule has 0 aromatic rings. The maximum atomic E-state index is 11.6. The first-order valence-electron chi connectivity index (χ1n) is 6.51. The molecule has 184 valence electrons. The van der Waals surface area contributed by atoms with E-state index >= 15 is 0 Å². The highest BCUT2D eigenvalue weighted by atomic mass is 32.2. The van der Waals surface area contributed by atoms with Crippen LogP contribution < -0.4 is 0 Å². The van der Waals surface area contributed by atoms with Crippen molar-refractivity contribution >= 4 is 40.5 Å². The van der Waals surface area contributed by atoms with Crippen molar-refractivity contribution in [2.45, 2.75) is 11.0 Å². The van der Waals surface area contributed by atoms with Gasteiger partial charge in [0, 0.05) is 0 Å². The zero-order valence-electron chi connectivity index (χ0n) is 14.6. The largest absolute Gasteiger partial charge is 0.523 e. The van der Waals surface area contributed by atoms with Gasteiger partial charge >= 0.3 is 31.3 Å². The Hall–Kier alpha value is -0.780. The molecule has 0 N–H and O–H groups in total. The van der Waals surface area contributed by atoms with Gasteiger partial charge in [0.1, 0.15) is 0 Å². The molecule has 0 aliphatic rings. The van der Waals surface area contributed by atoms with Crippen LogP contribution in [0.1, 0.15) is 0 Å². The van der Waals surface area contributed by atoms with Crippen LogP contribution in [0.25, 0.3) is 0 Å². The van der Waals surface area contributed by atoms with E-state index in [9.17, 15) is 60.0 Å². The Bertz CT molecular complexity index is 865. The van der Waals surface area contributed by atoms with E-state index in [1.54, 1.807) is 0 Å². The SMILES string of the molecule is CS(=O)(=O)OCCOS(C)(=O)=O.O=S(=O)(OCCOS(=O)(=O)C(F)(F)F)C(F)(F)F. The molecule has 0 rings (SSSR count). The fourth-order valence-corrected chi connectivity index (χ4v) is 2.38. The molecule has 0 bridgehead atoms. The van der Waals surface area contributed by atoms with E-state index in [0.717, 1.165) is 12.5 Å². The van der Waals surface area contributed by atoms with Crippen molar-refractivity contribution < 1.29 is 76.7 Å². The van der Waals surface area contributed by atoms with Crippen molar-refractivity contribution in [1.82, 2.24) is 0 Å². The van der Waals surface area contributed by atoms with Crippen LogP contribution in [0.15, 0.2) is 0 Å². The number of halogens is 6. The van der Waals surface area contributed by atoms with Crippen molar-refractivity contribution in [3.63, 3.8) is 0 Å². The lowest BCUT2D eigenvalue weighted by atomic mass is 10.8. The van der Waals surface area contributed by atoms with Gasteiger partial charge in [0.05, 0.1) is 38.9 Å². The summed E-state index contributed by atoms with van der Waals surface area (Å²) in [6.45, 7) is -3.69. The minimum absolute atomic E-state index is 0.300. The third-order valence-corrected chi connectivity index (χ3v) is 5.08. The van der Waals surface area contributed by atoms with Gasteiger partial charge in [0.15, 0.2) is 0 Å². The van der Waals surface area contributed by atoms with Crippen LogP contribution in [0.5, 0.6) is 0 Å². The molecule has 0 amide bonds. The summed E-state index contributed by atoms with van der Waals surface area (Å²) in [5.74, 6) is 0. The zero-order valence-corrected chi connectivity index (χ0v) is 17.9. The van der Waals surface area contributed by atoms with Gasteiger partial charge in [-0.3, -0.25) is 16.7 Å². The molecule has 0 unspecified atom stereocenters. The lowest BCUT2D eigenvalue weighted by Gasteiger charge is -2.09. The van der Waals surface area contributed by atoms with Crippen molar-refractivity contribution in [2.24, 2.45) is 0 Å². The summed E-state index contributed by atoms with van der Waals surface area (Å²) in [5, 5.41) is 0. The van der Waals surface area contributed by atoms with Gasteiger partial charge in [0.2, 0.25) is 0 Å². The Balaban J connectivity index is 0. The predicted octanol–water partition coefficient (Wildman–Crippen LogP) is -0.342. The van der Waals surface area contributed by atoms with Crippen LogP contribution in [0.2, 0.25) is 0 Å². The molecule has 0 fully saturated rings. The molecule has 0 aromatic carbocycles. The highest BCUT2D eigenvalue weighted by Crippen LogP contribution is 2.26. The van der Waals surface area contributed by atoms with Gasteiger partial charge in [-0.1, -0.05) is 0 Å². The zero-order chi connectivity index (χ0) is 24.7. The van der Waals surface area contributed by atoms with Crippen LogP contribution in [0.4, 0.5) is 26.3 Å². The molecule has 0 atom stereocenters. The molecule has 0 saturated carbocycles. The Labute approximate surface area is 167 Å². The maximum absolute atomic E-state index is 11.6. The topological polar surface area (TPSA) is 173 Å². The van der Waals surface area contributed by atoms with Gasteiger partial charge < -0.3 is 0 Å². The van der Waals surface area contributed by atoms with Gasteiger partial charge in [-0.05, 0) is 0 Å². The number of rotatable bonds is 10. The van der Waals surface area contributed by atoms with Gasteiger partial charge in [0.25, 0.3) is 20.2 Å². The third kappa shape index (κ3) is 15.1. The molecule has 30 heavy (non-hydrogen) atoms. The average molecular weight is 544 g/mol. The Morgan fingerprint density at radius 2 is 0.700 bits per heavy atom. The second kappa shape index (κ2) is 11.2. The number of alkyl halides is 6. The summed E-state index contributed by atoms with van der Waals surface area (Å²) in [5.41, 5.74) is -11.5. The second-order valence-electron chi connectivity index (χ2n) is 4.50. The van der Waals surface area contributed by atoms with Crippen LogP contribution in [-0.4, -0.2) is 83.6 Å². The van der Waals surface area contributed by atoms with E-state index in [1.165, 1.54) is 0 Å². The molecule has 0 aliphatic heterocycles. The van der Waals surface area contributed by atoms with Crippen LogP contribution in [-0.2, 0) is 57.2 Å². The number of hydrogen-bond acceptors (Lipinski definition) is 12. The van der Waals surface area contributed by atoms with Crippen molar-refractivity contribution in [2.75, 3.05) is 38.9 Å². The summed E-state index contributed by atoms with van der Waals surface area (Å²) in [6.07, 6.45) is 1.74. The molecule has 0 saturated heterocycles. The van der Waals surface area contributed by atoms with Crippen LogP contribution in [0, 0.1) is 0 Å². The van der Waals surface area contributed by atoms with E-state index < -0.39 is 64.7 Å². The first-order chi connectivity index (χ1) is 12.9. The standard InChI is InChI=1S/C4H4F6O6S2.C4H10O6S2/c5-3(6,7)17(11,12)15-1-2-16-18(13,14)4(8,9)10;1-11(5,6)9-3-4-10-12(2,7)8/h1-2H2;3-4H2,1-2H3. The Morgan fingerprint density at radius 3 is 0.867 bits per heavy atom. The van der Waals surface area contributed by atoms with Gasteiger partial charge in [-0.25, -0.2) is 0 Å². The predicted molar refractivity (Wildman–Crippen MR) is 83.4 cm³/mol. The summed E-state index contributed by atoms with van der Waals surface area (Å²) < 4.78 is 167. The lowest BCUT2D eigenvalue weighted by Crippen LogP contribution is -2.29. The summed E-state index contributed by atoms with van der Waals surface area (Å²) >= 11 is 0. The molecule has 22 heteroatoms. The van der Waals surface area contributed by atoms with E-state index in [2.05, 4.69) is 16.7 Å². The monoisotopic (exact) mass is 544 g/mol. The quantitative estimate of drug-likeness (QED) is 0.152. The molecular formula is C8H14F6O12S4. The summed E-state index contributed by atoms with van der Waals surface area (Å²) in [4.78, 5) is 0. The van der Waals surface area contributed by atoms with Crippen molar-refractivity contribution in [1.29, 1.82) is 0 Å². The van der Waals surface area contributed by atoms with Crippen molar-refractivity contribution in [3.8, 4) is 0 Å². The molecule has 0 aliphatic carbocycles. The van der Waals surface area contributed by atoms with E-state index in [-0.39, 0.29) is 13.2 Å². The second-order valence-corrected chi connectivity index (χ2v) is 11.0. The minimum Gasteiger partial charge on any atom is -0.268 e. The van der Waals surface area contributed by atoms with E-state index in [1.807, 2.05) is 0 Å². The summed E-state index contributed by atoms with van der Waals surface area (Å²) in [7, 11) is -19.0. The first kappa shape index (κ1) is 31.4. The highest BCUT2D eigenvalue weighted by molar-refractivity contribution is 7.88. The molecule has 12 nitrogen and oxygen atoms in total. The van der Waals surface area contributed by atoms with Gasteiger partial charge in [-0.2, -0.15) is 60.0 Å². The Kier molecular flexibility index (Phi) is 11.7. The fourth-order valence-electron chi connectivity index (χ4n) is 0.792. The van der Waals surface area contributed by atoms with E-state index in [4.69, 9.17) is 0 Å². The molecular weight excluding hydrogens is 530 g/mol. The molecule has 0 spiro atoms. The highest BCUT2D eigenvalue weighted by Gasteiger charge is 2.49.